The van der Waals surface area contributed by atoms with E-state index in [0.29, 0.717) is 22.3 Å². The maximum absolute atomic E-state index is 13.1. The summed E-state index contributed by atoms with van der Waals surface area (Å²) in [6.07, 6.45) is 1.62. The van der Waals surface area contributed by atoms with Crippen LogP contribution in [0.1, 0.15) is 17.3 Å². The highest BCUT2D eigenvalue weighted by atomic mass is 32.2. The highest BCUT2D eigenvalue weighted by Crippen LogP contribution is 2.21. The van der Waals surface area contributed by atoms with Crippen molar-refractivity contribution in [3.8, 4) is 0 Å². The first kappa shape index (κ1) is 20.0. The summed E-state index contributed by atoms with van der Waals surface area (Å²) in [4.78, 5) is 12.1. The molecule has 0 unspecified atom stereocenters. The first-order valence-electron chi connectivity index (χ1n) is 8.33. The predicted octanol–water partition coefficient (Wildman–Crippen LogP) is 3.49. The molecule has 3 rings (SSSR count). The van der Waals surface area contributed by atoms with Crippen molar-refractivity contribution in [2.24, 2.45) is 4.40 Å². The minimum Gasteiger partial charge on any atom is -0.462 e. The molecule has 0 bridgehead atoms. The van der Waals surface area contributed by atoms with Crippen LogP contribution in [0.3, 0.4) is 0 Å². The van der Waals surface area contributed by atoms with E-state index >= 15 is 0 Å². The molecule has 146 valence electrons. The largest absolute Gasteiger partial charge is 0.462 e. The lowest BCUT2D eigenvalue weighted by Crippen LogP contribution is -2.16. The molecule has 1 aromatic heterocycles. The fraction of sp³-hybridized carbons (Fsp3) is 0.158. The van der Waals surface area contributed by atoms with E-state index in [1.807, 2.05) is 0 Å². The molecule has 28 heavy (non-hydrogen) atoms. The number of allylic oxidation sites excluding steroid dienone is 1. The van der Waals surface area contributed by atoms with Gasteiger partial charge < -0.3 is 9.30 Å². The van der Waals surface area contributed by atoms with Crippen molar-refractivity contribution in [3.05, 3.63) is 71.3 Å². The van der Waals surface area contributed by atoms with Crippen LogP contribution in [-0.4, -0.2) is 25.6 Å². The first-order chi connectivity index (χ1) is 13.4. The van der Waals surface area contributed by atoms with E-state index in [0.717, 1.165) is 35.6 Å². The molecule has 0 amide bonds. The van der Waals surface area contributed by atoms with Crippen molar-refractivity contribution in [2.75, 3.05) is 6.61 Å². The number of ether oxygens (including phenoxy) is 1. The molecule has 2 aromatic carbocycles. The fourth-order valence-corrected chi connectivity index (χ4v) is 4.83. The van der Waals surface area contributed by atoms with E-state index in [1.165, 1.54) is 0 Å². The average molecular weight is 420 g/mol. The quantitative estimate of drug-likeness (QED) is 0.452. The van der Waals surface area contributed by atoms with Crippen LogP contribution in [0, 0.1) is 5.82 Å². The Bertz CT molecular complexity index is 1210. The molecule has 0 spiro atoms. The highest BCUT2D eigenvalue weighted by Gasteiger charge is 2.16. The van der Waals surface area contributed by atoms with Crippen LogP contribution in [-0.2, 0) is 21.3 Å². The maximum Gasteiger partial charge on any atom is 0.338 e. The molecule has 6 nitrogen and oxygen atoms in total. The standard InChI is InChI=1S/C19H17FN2O4S2/c1-3-11-22-16-10-5-13(18(23)26-4-2)12-17(16)27-19(22)21-28(24,25)15-8-6-14(20)7-9-15/h3,5-10,12H,1,4,11H2,2H3. The van der Waals surface area contributed by atoms with Crippen LogP contribution in [0.4, 0.5) is 4.39 Å². The van der Waals surface area contributed by atoms with Gasteiger partial charge in [-0.1, -0.05) is 17.4 Å². The molecule has 0 aliphatic carbocycles. The number of carbonyl (C=O) groups excluding carboxylic acids is 1. The Kier molecular flexibility index (Phi) is 5.76. The number of halogens is 1. The molecule has 0 fully saturated rings. The summed E-state index contributed by atoms with van der Waals surface area (Å²) in [5.74, 6) is -0.987. The van der Waals surface area contributed by atoms with Crippen LogP contribution in [0.25, 0.3) is 10.2 Å². The molecule has 0 N–H and O–H groups in total. The second-order valence-electron chi connectivity index (χ2n) is 5.71. The number of nitrogens with zero attached hydrogens (tertiary/aromatic N) is 2. The summed E-state index contributed by atoms with van der Waals surface area (Å²) in [7, 11) is -4.03. The molecule has 0 saturated carbocycles. The minimum atomic E-state index is -4.03. The second kappa shape index (κ2) is 8.07. The molecular formula is C19H17FN2O4S2. The SMILES string of the molecule is C=CCn1c(=NS(=O)(=O)c2ccc(F)cc2)sc2cc(C(=O)OCC)ccc21. The van der Waals surface area contributed by atoms with Crippen LogP contribution >= 0.6 is 11.3 Å². The van der Waals surface area contributed by atoms with Crippen LogP contribution in [0.15, 0.2) is 64.4 Å². The van der Waals surface area contributed by atoms with Crippen LogP contribution in [0.5, 0.6) is 0 Å². The Balaban J connectivity index is 2.17. The van der Waals surface area contributed by atoms with Gasteiger partial charge in [0.25, 0.3) is 10.0 Å². The normalized spacial score (nSPS) is 12.3. The average Bonchev–Trinajstić information content (AvgIpc) is 2.98. The molecule has 0 aliphatic rings. The zero-order chi connectivity index (χ0) is 20.3. The molecule has 0 radical (unpaired) electrons. The lowest BCUT2D eigenvalue weighted by atomic mass is 10.2. The monoisotopic (exact) mass is 420 g/mol. The van der Waals surface area contributed by atoms with Gasteiger partial charge in [0.1, 0.15) is 5.82 Å². The van der Waals surface area contributed by atoms with Gasteiger partial charge in [-0.05, 0) is 49.4 Å². The van der Waals surface area contributed by atoms with Crippen molar-refractivity contribution in [1.29, 1.82) is 0 Å². The lowest BCUT2D eigenvalue weighted by molar-refractivity contribution is 0.0526. The molecule has 3 aromatic rings. The zero-order valence-corrected chi connectivity index (χ0v) is 16.6. The van der Waals surface area contributed by atoms with E-state index in [9.17, 15) is 17.6 Å². The smallest absolute Gasteiger partial charge is 0.338 e. The van der Waals surface area contributed by atoms with Gasteiger partial charge in [-0.2, -0.15) is 8.42 Å². The van der Waals surface area contributed by atoms with Crippen molar-refractivity contribution < 1.29 is 22.3 Å². The number of rotatable bonds is 6. The summed E-state index contributed by atoms with van der Waals surface area (Å²) in [6, 6.07) is 9.43. The molecule has 0 saturated heterocycles. The van der Waals surface area contributed by atoms with Crippen molar-refractivity contribution in [1.82, 2.24) is 4.57 Å². The molecular weight excluding hydrogens is 403 g/mol. The third-order valence-corrected chi connectivity index (χ3v) is 6.25. The Morgan fingerprint density at radius 1 is 1.29 bits per heavy atom. The number of sulfonamides is 1. The van der Waals surface area contributed by atoms with Crippen molar-refractivity contribution in [3.63, 3.8) is 0 Å². The number of aromatic nitrogens is 1. The van der Waals surface area contributed by atoms with Crippen molar-refractivity contribution in [2.45, 2.75) is 18.4 Å². The first-order valence-corrected chi connectivity index (χ1v) is 10.6. The third kappa shape index (κ3) is 4.05. The highest BCUT2D eigenvalue weighted by molar-refractivity contribution is 7.90. The summed E-state index contributed by atoms with van der Waals surface area (Å²) < 4.78 is 49.6. The summed E-state index contributed by atoms with van der Waals surface area (Å²) in [5.41, 5.74) is 1.08. The van der Waals surface area contributed by atoms with E-state index in [1.54, 1.807) is 35.8 Å². The number of fused-ring (bicyclic) bond motifs is 1. The number of carbonyl (C=O) groups is 1. The minimum absolute atomic E-state index is 0.108. The van der Waals surface area contributed by atoms with Gasteiger partial charge in [-0.15, -0.1) is 11.0 Å². The Morgan fingerprint density at radius 2 is 2.00 bits per heavy atom. The van der Waals surface area contributed by atoms with E-state index in [-0.39, 0.29) is 16.3 Å². The van der Waals surface area contributed by atoms with Crippen molar-refractivity contribution >= 4 is 37.5 Å². The van der Waals surface area contributed by atoms with Gasteiger partial charge in [0.05, 0.1) is 27.3 Å². The van der Waals surface area contributed by atoms with E-state index in [4.69, 9.17) is 4.74 Å². The molecule has 1 heterocycles. The van der Waals surface area contributed by atoms with Crippen LogP contribution < -0.4 is 4.80 Å². The summed E-state index contributed by atoms with van der Waals surface area (Å²) in [5, 5.41) is 0. The third-order valence-electron chi connectivity index (χ3n) is 3.82. The summed E-state index contributed by atoms with van der Waals surface area (Å²) in [6.45, 7) is 6.00. The summed E-state index contributed by atoms with van der Waals surface area (Å²) >= 11 is 1.13. The van der Waals surface area contributed by atoms with Gasteiger partial charge in [-0.3, -0.25) is 0 Å². The van der Waals surface area contributed by atoms with Gasteiger partial charge >= 0.3 is 5.97 Å². The molecule has 0 atom stereocenters. The number of hydrogen-bond donors (Lipinski definition) is 0. The lowest BCUT2D eigenvalue weighted by Gasteiger charge is -2.03. The van der Waals surface area contributed by atoms with Gasteiger partial charge in [0, 0.05) is 6.54 Å². The van der Waals surface area contributed by atoms with E-state index < -0.39 is 21.8 Å². The van der Waals surface area contributed by atoms with E-state index in [2.05, 4.69) is 11.0 Å². The Morgan fingerprint density at radius 3 is 2.64 bits per heavy atom. The second-order valence-corrected chi connectivity index (χ2v) is 8.32. The topological polar surface area (TPSA) is 77.7 Å². The predicted molar refractivity (Wildman–Crippen MR) is 105 cm³/mol. The number of thiazole rings is 1. The maximum atomic E-state index is 13.1. The number of benzene rings is 2. The molecule has 0 aliphatic heterocycles. The molecule has 9 heteroatoms. The van der Waals surface area contributed by atoms with Gasteiger partial charge in [0.15, 0.2) is 0 Å². The van der Waals surface area contributed by atoms with Gasteiger partial charge in [-0.25, -0.2) is 9.18 Å². The van der Waals surface area contributed by atoms with Gasteiger partial charge in [0.2, 0.25) is 4.80 Å². The Labute approximate surface area is 165 Å². The Hall–Kier alpha value is -2.78. The number of esters is 1. The number of hydrogen-bond acceptors (Lipinski definition) is 5. The van der Waals surface area contributed by atoms with Crippen LogP contribution in [0.2, 0.25) is 0 Å². The zero-order valence-electron chi connectivity index (χ0n) is 15.0. The fourth-order valence-electron chi connectivity index (χ4n) is 2.55.